The molecule has 170 valence electrons. The van der Waals surface area contributed by atoms with Crippen molar-refractivity contribution in [2.24, 2.45) is 11.3 Å². The molecule has 0 bridgehead atoms. The zero-order valence-electron chi connectivity index (χ0n) is 19.0. The van der Waals surface area contributed by atoms with E-state index in [4.69, 9.17) is 10.2 Å². The van der Waals surface area contributed by atoms with Crippen LogP contribution in [-0.2, 0) is 11.3 Å². The summed E-state index contributed by atoms with van der Waals surface area (Å²) in [6.07, 6.45) is 6.71. The standard InChI is InChI=1S/C24H36N4O3/c1-24(2,3)21(23(31)25-14-9-15-29)26-22(30)20-18-12-7-8-13-19(18)28(27-20)16-17-10-5-4-6-11-17/h7-8,12-13,17,21,29H,4-6,9-11,14-16H2,1-3H3,(H,25,31)(H,26,30)/t21-/m1/s1. The maximum absolute atomic E-state index is 13.2. The Morgan fingerprint density at radius 3 is 2.58 bits per heavy atom. The minimum absolute atomic E-state index is 0.0112. The number of carbonyl (C=O) groups excluding carboxylic acids is 2. The van der Waals surface area contributed by atoms with E-state index in [0.29, 0.717) is 24.6 Å². The highest BCUT2D eigenvalue weighted by atomic mass is 16.3. The molecule has 3 N–H and O–H groups in total. The number of nitrogens with one attached hydrogen (secondary N) is 2. The van der Waals surface area contributed by atoms with Gasteiger partial charge in [0.05, 0.1) is 5.52 Å². The van der Waals surface area contributed by atoms with Crippen LogP contribution < -0.4 is 10.6 Å². The minimum atomic E-state index is -0.707. The molecule has 0 unspecified atom stereocenters. The monoisotopic (exact) mass is 428 g/mol. The largest absolute Gasteiger partial charge is 0.396 e. The first-order valence-electron chi connectivity index (χ1n) is 11.5. The van der Waals surface area contributed by atoms with Gasteiger partial charge in [-0.2, -0.15) is 5.10 Å². The fraction of sp³-hybridized carbons (Fsp3) is 0.625. The molecule has 31 heavy (non-hydrogen) atoms. The quantitative estimate of drug-likeness (QED) is 0.562. The zero-order valence-corrected chi connectivity index (χ0v) is 19.0. The van der Waals surface area contributed by atoms with Crippen LogP contribution in [0.1, 0.15) is 69.8 Å². The van der Waals surface area contributed by atoms with Crippen LogP contribution in [0.2, 0.25) is 0 Å². The van der Waals surface area contributed by atoms with Crippen molar-refractivity contribution in [2.45, 2.75) is 71.9 Å². The van der Waals surface area contributed by atoms with Crippen LogP contribution in [0.25, 0.3) is 10.9 Å². The van der Waals surface area contributed by atoms with Crippen molar-refractivity contribution < 1.29 is 14.7 Å². The van der Waals surface area contributed by atoms with Gasteiger partial charge >= 0.3 is 0 Å². The van der Waals surface area contributed by atoms with Gasteiger partial charge in [0.1, 0.15) is 6.04 Å². The number of hydrogen-bond acceptors (Lipinski definition) is 4. The Balaban J connectivity index is 1.82. The molecule has 7 nitrogen and oxygen atoms in total. The molecule has 3 rings (SSSR count). The third-order valence-electron chi connectivity index (χ3n) is 6.07. The number of aliphatic hydroxyl groups is 1. The number of nitrogens with zero attached hydrogens (tertiary/aromatic N) is 2. The van der Waals surface area contributed by atoms with Crippen molar-refractivity contribution in [1.29, 1.82) is 0 Å². The number of hydrogen-bond donors (Lipinski definition) is 3. The maximum Gasteiger partial charge on any atom is 0.273 e. The summed E-state index contributed by atoms with van der Waals surface area (Å²) in [5.41, 5.74) is 0.848. The number of amides is 2. The number of carbonyl (C=O) groups is 2. The van der Waals surface area contributed by atoms with Crippen LogP contribution in [0.5, 0.6) is 0 Å². The van der Waals surface area contributed by atoms with Gasteiger partial charge in [0.25, 0.3) is 5.91 Å². The van der Waals surface area contributed by atoms with Crippen molar-refractivity contribution in [3.63, 3.8) is 0 Å². The SMILES string of the molecule is CC(C)(C)[C@H](NC(=O)c1nn(CC2CCCCC2)c2ccccc12)C(=O)NCCCO. The van der Waals surface area contributed by atoms with E-state index in [9.17, 15) is 9.59 Å². The van der Waals surface area contributed by atoms with E-state index in [2.05, 4.69) is 10.6 Å². The van der Waals surface area contributed by atoms with Gasteiger partial charge in [-0.15, -0.1) is 0 Å². The summed E-state index contributed by atoms with van der Waals surface area (Å²) in [7, 11) is 0. The normalized spacial score (nSPS) is 16.3. The summed E-state index contributed by atoms with van der Waals surface area (Å²) in [5, 5.41) is 20.2. The van der Waals surface area contributed by atoms with Crippen LogP contribution in [0, 0.1) is 11.3 Å². The molecule has 1 fully saturated rings. The van der Waals surface area contributed by atoms with Gasteiger partial charge in [0.2, 0.25) is 5.91 Å². The molecule has 2 aromatic rings. The third-order valence-corrected chi connectivity index (χ3v) is 6.07. The predicted octanol–water partition coefficient (Wildman–Crippen LogP) is 3.26. The Labute approximate surface area is 184 Å². The number of aromatic nitrogens is 2. The van der Waals surface area contributed by atoms with Gasteiger partial charge in [-0.3, -0.25) is 14.3 Å². The molecule has 1 aromatic heterocycles. The first-order chi connectivity index (χ1) is 14.8. The van der Waals surface area contributed by atoms with Crippen molar-refractivity contribution in [1.82, 2.24) is 20.4 Å². The molecule has 1 aromatic carbocycles. The van der Waals surface area contributed by atoms with Crippen molar-refractivity contribution in [3.05, 3.63) is 30.0 Å². The maximum atomic E-state index is 13.2. The molecular weight excluding hydrogens is 392 g/mol. The van der Waals surface area contributed by atoms with Crippen LogP contribution in [-0.4, -0.2) is 45.9 Å². The second-order valence-electron chi connectivity index (χ2n) is 9.69. The number of aliphatic hydroxyl groups excluding tert-OH is 1. The zero-order chi connectivity index (χ0) is 22.4. The predicted molar refractivity (Wildman–Crippen MR) is 122 cm³/mol. The average Bonchev–Trinajstić information content (AvgIpc) is 3.10. The number of para-hydroxylation sites is 1. The van der Waals surface area contributed by atoms with Crippen molar-refractivity contribution in [2.75, 3.05) is 13.2 Å². The van der Waals surface area contributed by atoms with E-state index in [0.717, 1.165) is 17.4 Å². The van der Waals surface area contributed by atoms with Gasteiger partial charge in [-0.1, -0.05) is 58.2 Å². The Hall–Kier alpha value is -2.41. The molecular formula is C24H36N4O3. The molecule has 1 heterocycles. The lowest BCUT2D eigenvalue weighted by Gasteiger charge is -2.30. The average molecular weight is 429 g/mol. The molecule has 0 radical (unpaired) electrons. The van der Waals surface area contributed by atoms with Crippen LogP contribution >= 0.6 is 0 Å². The molecule has 1 saturated carbocycles. The highest BCUT2D eigenvalue weighted by Crippen LogP contribution is 2.27. The Morgan fingerprint density at radius 2 is 1.90 bits per heavy atom. The molecule has 7 heteroatoms. The number of fused-ring (bicyclic) bond motifs is 1. The molecule has 0 saturated heterocycles. The topological polar surface area (TPSA) is 96.2 Å². The minimum Gasteiger partial charge on any atom is -0.396 e. The van der Waals surface area contributed by atoms with Gasteiger partial charge in [-0.25, -0.2) is 0 Å². The summed E-state index contributed by atoms with van der Waals surface area (Å²) in [6, 6.07) is 7.10. The molecule has 0 aliphatic heterocycles. The summed E-state index contributed by atoms with van der Waals surface area (Å²) < 4.78 is 1.97. The van der Waals surface area contributed by atoms with E-state index < -0.39 is 11.5 Å². The Kier molecular flexibility index (Phi) is 7.70. The molecule has 1 atom stereocenters. The Morgan fingerprint density at radius 1 is 1.19 bits per heavy atom. The summed E-state index contributed by atoms with van der Waals surface area (Å²) >= 11 is 0. The van der Waals surface area contributed by atoms with Gasteiger partial charge in [0, 0.05) is 25.1 Å². The third kappa shape index (κ3) is 5.85. The van der Waals surface area contributed by atoms with Gasteiger partial charge in [-0.05, 0) is 36.7 Å². The lowest BCUT2D eigenvalue weighted by molar-refractivity contribution is -0.125. The summed E-state index contributed by atoms with van der Waals surface area (Å²) in [6.45, 7) is 6.96. The fourth-order valence-electron chi connectivity index (χ4n) is 4.32. The van der Waals surface area contributed by atoms with E-state index in [1.54, 1.807) is 0 Å². The fourth-order valence-corrected chi connectivity index (χ4v) is 4.32. The first-order valence-corrected chi connectivity index (χ1v) is 11.5. The summed E-state index contributed by atoms with van der Waals surface area (Å²) in [5.74, 6) is 0.00339. The van der Waals surface area contributed by atoms with Crippen LogP contribution in [0.15, 0.2) is 24.3 Å². The van der Waals surface area contributed by atoms with Crippen LogP contribution in [0.3, 0.4) is 0 Å². The molecule has 1 aliphatic carbocycles. The van der Waals surface area contributed by atoms with Gasteiger partial charge < -0.3 is 15.7 Å². The Bertz CT molecular complexity index is 894. The van der Waals surface area contributed by atoms with Gasteiger partial charge in [0.15, 0.2) is 5.69 Å². The van der Waals surface area contributed by atoms with E-state index in [-0.39, 0.29) is 18.4 Å². The van der Waals surface area contributed by atoms with Crippen molar-refractivity contribution in [3.8, 4) is 0 Å². The van der Waals surface area contributed by atoms with Crippen LogP contribution in [0.4, 0.5) is 0 Å². The lowest BCUT2D eigenvalue weighted by Crippen LogP contribution is -2.53. The summed E-state index contributed by atoms with van der Waals surface area (Å²) in [4.78, 5) is 26.0. The van der Waals surface area contributed by atoms with E-state index in [1.165, 1.54) is 32.1 Å². The highest BCUT2D eigenvalue weighted by Gasteiger charge is 2.34. The lowest BCUT2D eigenvalue weighted by atomic mass is 9.86. The second kappa shape index (κ2) is 10.3. The first kappa shape index (κ1) is 23.3. The smallest absolute Gasteiger partial charge is 0.273 e. The number of rotatable bonds is 8. The van der Waals surface area contributed by atoms with E-state index >= 15 is 0 Å². The number of benzene rings is 1. The van der Waals surface area contributed by atoms with Crippen molar-refractivity contribution >= 4 is 22.7 Å². The van der Waals surface area contributed by atoms with E-state index in [1.807, 2.05) is 49.7 Å². The molecule has 2 amide bonds. The molecule has 1 aliphatic rings. The highest BCUT2D eigenvalue weighted by molar-refractivity contribution is 6.06. The second-order valence-corrected chi connectivity index (χ2v) is 9.69. The molecule has 0 spiro atoms.